The van der Waals surface area contributed by atoms with Gasteiger partial charge in [0.2, 0.25) is 0 Å². The van der Waals surface area contributed by atoms with E-state index in [-0.39, 0.29) is 0 Å². The molecule has 18 heavy (non-hydrogen) atoms. The summed E-state index contributed by atoms with van der Waals surface area (Å²) in [5.41, 5.74) is 3.88. The molecule has 0 unspecified atom stereocenters. The molecule has 0 aliphatic rings. The number of hydrogen-bond donors (Lipinski definition) is 1. The van der Waals surface area contributed by atoms with Crippen LogP contribution in [0.5, 0.6) is 0 Å². The zero-order valence-corrected chi connectivity index (χ0v) is 12.3. The number of hydrogen-bond acceptors (Lipinski definition) is 2. The maximum absolute atomic E-state index is 3.46. The van der Waals surface area contributed by atoms with E-state index in [1.54, 1.807) is 0 Å². The highest BCUT2D eigenvalue weighted by Gasteiger charge is 1.96. The average molecular weight is 246 g/mol. The summed E-state index contributed by atoms with van der Waals surface area (Å²) in [5, 5.41) is 3.46. The highest BCUT2D eigenvalue weighted by molar-refractivity contribution is 5.57. The van der Waals surface area contributed by atoms with Gasteiger partial charge in [-0.15, -0.1) is 0 Å². The Morgan fingerprint density at radius 3 is 2.33 bits per heavy atom. The number of rotatable bonds is 6. The van der Waals surface area contributed by atoms with Gasteiger partial charge < -0.3 is 10.2 Å². The molecule has 1 aromatic rings. The van der Waals surface area contributed by atoms with E-state index >= 15 is 0 Å². The lowest BCUT2D eigenvalue weighted by Crippen LogP contribution is -2.21. The van der Waals surface area contributed by atoms with Crippen LogP contribution in [0, 0.1) is 5.92 Å². The van der Waals surface area contributed by atoms with Crippen molar-refractivity contribution in [2.75, 3.05) is 32.1 Å². The predicted molar refractivity (Wildman–Crippen MR) is 82.1 cm³/mol. The maximum atomic E-state index is 3.46. The highest BCUT2D eigenvalue weighted by atomic mass is 15.1. The first kappa shape index (κ1) is 14.8. The van der Waals surface area contributed by atoms with Crippen molar-refractivity contribution in [3.8, 4) is 0 Å². The first-order valence-electron chi connectivity index (χ1n) is 6.64. The molecule has 0 aliphatic heterocycles. The summed E-state index contributed by atoms with van der Waals surface area (Å²) < 4.78 is 0. The van der Waals surface area contributed by atoms with Crippen molar-refractivity contribution in [2.24, 2.45) is 5.92 Å². The van der Waals surface area contributed by atoms with E-state index < -0.39 is 0 Å². The van der Waals surface area contributed by atoms with Gasteiger partial charge in [-0.05, 0) is 37.1 Å². The Morgan fingerprint density at radius 1 is 1.22 bits per heavy atom. The fourth-order valence-electron chi connectivity index (χ4n) is 1.76. The van der Waals surface area contributed by atoms with E-state index in [4.69, 9.17) is 0 Å². The number of nitrogens with one attached hydrogen (secondary N) is 1. The molecule has 1 aromatic carbocycles. The molecule has 0 spiro atoms. The number of benzene rings is 1. The van der Waals surface area contributed by atoms with E-state index in [1.165, 1.54) is 16.8 Å². The van der Waals surface area contributed by atoms with Crippen molar-refractivity contribution >= 4 is 11.8 Å². The molecule has 0 amide bonds. The van der Waals surface area contributed by atoms with Crippen molar-refractivity contribution in [2.45, 2.75) is 20.8 Å². The summed E-state index contributed by atoms with van der Waals surface area (Å²) >= 11 is 0. The normalized spacial score (nSPS) is 12.0. The minimum Gasteiger partial charge on any atom is -0.378 e. The molecule has 0 aliphatic carbocycles. The average Bonchev–Trinajstić information content (AvgIpc) is 2.29. The molecule has 0 heterocycles. The molecule has 1 rings (SSSR count). The lowest BCUT2D eigenvalue weighted by Gasteiger charge is -2.12. The topological polar surface area (TPSA) is 15.3 Å². The fraction of sp³-hybridized carbons (Fsp3) is 0.500. The molecule has 2 nitrogen and oxygen atoms in total. The lowest BCUT2D eigenvalue weighted by molar-refractivity contribution is 0.572. The molecule has 0 atom stereocenters. The first-order valence-corrected chi connectivity index (χ1v) is 6.64. The fourth-order valence-corrected chi connectivity index (χ4v) is 1.76. The van der Waals surface area contributed by atoms with Crippen LogP contribution in [0.1, 0.15) is 26.3 Å². The molecule has 0 fully saturated rings. The third kappa shape index (κ3) is 5.37. The highest BCUT2D eigenvalue weighted by Crippen LogP contribution is 2.14. The van der Waals surface area contributed by atoms with Gasteiger partial charge in [0, 0.05) is 26.3 Å². The van der Waals surface area contributed by atoms with Crippen LogP contribution in [0.3, 0.4) is 0 Å². The van der Waals surface area contributed by atoms with Gasteiger partial charge in [0.15, 0.2) is 0 Å². The van der Waals surface area contributed by atoms with Crippen LogP contribution >= 0.6 is 0 Å². The Balaban J connectivity index is 2.54. The van der Waals surface area contributed by atoms with E-state index in [2.05, 4.69) is 75.4 Å². The first-order chi connectivity index (χ1) is 8.49. The van der Waals surface area contributed by atoms with E-state index in [0.29, 0.717) is 5.92 Å². The summed E-state index contributed by atoms with van der Waals surface area (Å²) in [6, 6.07) is 8.64. The molecule has 2 heteroatoms. The van der Waals surface area contributed by atoms with E-state index in [1.807, 2.05) is 0 Å². The Morgan fingerprint density at radius 2 is 1.83 bits per heavy atom. The number of anilines is 1. The standard InChI is InChI=1S/C16H26N2/c1-13(2)11-17-12-14(3)10-15-6-8-16(9-7-15)18(4)5/h6-10,13,17H,11-12H2,1-5H3. The van der Waals surface area contributed by atoms with Gasteiger partial charge in [-0.25, -0.2) is 0 Å². The zero-order valence-electron chi connectivity index (χ0n) is 12.3. The summed E-state index contributed by atoms with van der Waals surface area (Å²) in [4.78, 5) is 2.12. The summed E-state index contributed by atoms with van der Waals surface area (Å²) in [7, 11) is 4.12. The van der Waals surface area contributed by atoms with Gasteiger partial charge in [0.05, 0.1) is 0 Å². The largest absolute Gasteiger partial charge is 0.378 e. The smallest absolute Gasteiger partial charge is 0.0361 e. The minimum atomic E-state index is 0.706. The Bertz CT molecular complexity index is 375. The van der Waals surface area contributed by atoms with E-state index in [0.717, 1.165) is 13.1 Å². The molecule has 0 bridgehead atoms. The van der Waals surface area contributed by atoms with Crippen LogP contribution < -0.4 is 10.2 Å². The third-order valence-electron chi connectivity index (χ3n) is 2.78. The van der Waals surface area contributed by atoms with Crippen LogP contribution in [0.15, 0.2) is 29.8 Å². The molecule has 0 radical (unpaired) electrons. The van der Waals surface area contributed by atoms with Crippen LogP contribution in [0.25, 0.3) is 6.08 Å². The lowest BCUT2D eigenvalue weighted by atomic mass is 10.1. The molecule has 0 saturated heterocycles. The third-order valence-corrected chi connectivity index (χ3v) is 2.78. The maximum Gasteiger partial charge on any atom is 0.0361 e. The molecule has 0 aromatic heterocycles. The van der Waals surface area contributed by atoms with E-state index in [9.17, 15) is 0 Å². The summed E-state index contributed by atoms with van der Waals surface area (Å²) in [6.07, 6.45) is 2.24. The predicted octanol–water partition coefficient (Wildman–Crippen LogP) is 3.40. The molecule has 1 N–H and O–H groups in total. The minimum absolute atomic E-state index is 0.706. The van der Waals surface area contributed by atoms with Gasteiger partial charge in [0.25, 0.3) is 0 Å². The van der Waals surface area contributed by atoms with Gasteiger partial charge in [-0.1, -0.05) is 37.6 Å². The zero-order chi connectivity index (χ0) is 13.5. The van der Waals surface area contributed by atoms with Gasteiger partial charge in [-0.3, -0.25) is 0 Å². The van der Waals surface area contributed by atoms with Crippen molar-refractivity contribution in [3.63, 3.8) is 0 Å². The van der Waals surface area contributed by atoms with Crippen LogP contribution in [-0.2, 0) is 0 Å². The van der Waals surface area contributed by atoms with Crippen molar-refractivity contribution < 1.29 is 0 Å². The second kappa shape index (κ2) is 7.22. The van der Waals surface area contributed by atoms with Crippen LogP contribution in [0.4, 0.5) is 5.69 Å². The Kier molecular flexibility index (Phi) is 5.93. The van der Waals surface area contributed by atoms with Crippen molar-refractivity contribution in [1.29, 1.82) is 0 Å². The van der Waals surface area contributed by atoms with Crippen LogP contribution in [0.2, 0.25) is 0 Å². The molecular weight excluding hydrogens is 220 g/mol. The Hall–Kier alpha value is -1.28. The van der Waals surface area contributed by atoms with Gasteiger partial charge in [0.1, 0.15) is 0 Å². The number of nitrogens with zero attached hydrogens (tertiary/aromatic N) is 1. The summed E-state index contributed by atoms with van der Waals surface area (Å²) in [6.45, 7) is 8.67. The Labute approximate surface area is 112 Å². The second-order valence-corrected chi connectivity index (χ2v) is 5.50. The summed E-state index contributed by atoms with van der Waals surface area (Å²) in [5.74, 6) is 0.706. The molecule has 0 saturated carbocycles. The SMILES string of the molecule is CC(=Cc1ccc(N(C)C)cc1)CNCC(C)C. The van der Waals surface area contributed by atoms with Gasteiger partial charge >= 0.3 is 0 Å². The van der Waals surface area contributed by atoms with Crippen molar-refractivity contribution in [3.05, 3.63) is 35.4 Å². The van der Waals surface area contributed by atoms with Crippen LogP contribution in [-0.4, -0.2) is 27.2 Å². The second-order valence-electron chi connectivity index (χ2n) is 5.50. The quantitative estimate of drug-likeness (QED) is 0.827. The van der Waals surface area contributed by atoms with Crippen molar-refractivity contribution in [1.82, 2.24) is 5.32 Å². The monoisotopic (exact) mass is 246 g/mol. The van der Waals surface area contributed by atoms with Gasteiger partial charge in [-0.2, -0.15) is 0 Å². The molecular formula is C16H26N2. The molecule has 100 valence electrons.